The largest absolute Gasteiger partial charge is 0.497 e. The zero-order valence-corrected chi connectivity index (χ0v) is 16.0. The molecule has 0 unspecified atom stereocenters. The van der Waals surface area contributed by atoms with Gasteiger partial charge in [0.15, 0.2) is 5.60 Å². The summed E-state index contributed by atoms with van der Waals surface area (Å²) >= 11 is 0. The Morgan fingerprint density at radius 3 is 2.74 bits per heavy atom. The number of likely N-dealkylation sites (tertiary alicyclic amines) is 2. The number of amides is 1. The molecular formula is C20H30FN3O3. The number of nitrogens with zero attached hydrogens (tertiary/aromatic N) is 2. The van der Waals surface area contributed by atoms with Crippen LogP contribution >= 0.6 is 0 Å². The predicted molar refractivity (Wildman–Crippen MR) is 101 cm³/mol. The van der Waals surface area contributed by atoms with Gasteiger partial charge in [-0.3, -0.25) is 9.69 Å². The molecule has 1 amide bonds. The molecule has 6 nitrogen and oxygen atoms in total. The summed E-state index contributed by atoms with van der Waals surface area (Å²) in [4.78, 5) is 16.7. The third-order valence-electron chi connectivity index (χ3n) is 5.84. The Labute approximate surface area is 160 Å². The lowest BCUT2D eigenvalue weighted by molar-refractivity contribution is -0.160. The topological polar surface area (TPSA) is 79.0 Å². The van der Waals surface area contributed by atoms with E-state index < -0.39 is 5.60 Å². The van der Waals surface area contributed by atoms with E-state index in [4.69, 9.17) is 10.5 Å². The molecule has 3 N–H and O–H groups in total. The lowest BCUT2D eigenvalue weighted by atomic mass is 9.89. The smallest absolute Gasteiger partial charge is 0.256 e. The maximum absolute atomic E-state index is 14.1. The quantitative estimate of drug-likeness (QED) is 0.780. The number of rotatable bonds is 6. The second-order valence-corrected chi connectivity index (χ2v) is 7.77. The van der Waals surface area contributed by atoms with Crippen LogP contribution in [0, 0.1) is 11.7 Å². The van der Waals surface area contributed by atoms with Crippen molar-refractivity contribution in [2.45, 2.75) is 37.8 Å². The number of benzene rings is 1. The molecule has 1 aromatic carbocycles. The van der Waals surface area contributed by atoms with Crippen molar-refractivity contribution in [2.75, 3.05) is 39.8 Å². The van der Waals surface area contributed by atoms with Crippen LogP contribution in [0.5, 0.6) is 5.75 Å². The number of carbonyl (C=O) groups is 1. The molecule has 27 heavy (non-hydrogen) atoms. The fraction of sp³-hybridized carbons (Fsp3) is 0.650. The number of ether oxygens (including phenoxy) is 1. The maximum Gasteiger partial charge on any atom is 0.256 e. The number of hydrogen-bond donors (Lipinski definition) is 2. The number of halogens is 1. The van der Waals surface area contributed by atoms with Gasteiger partial charge in [0.05, 0.1) is 7.11 Å². The minimum Gasteiger partial charge on any atom is -0.497 e. The van der Waals surface area contributed by atoms with E-state index >= 15 is 0 Å². The fourth-order valence-electron chi connectivity index (χ4n) is 4.12. The number of carbonyl (C=O) groups excluding carboxylic acids is 1. The van der Waals surface area contributed by atoms with Crippen LogP contribution in [0.3, 0.4) is 0 Å². The van der Waals surface area contributed by atoms with Crippen LogP contribution in [0.15, 0.2) is 18.2 Å². The van der Waals surface area contributed by atoms with Gasteiger partial charge in [0, 0.05) is 25.2 Å². The lowest BCUT2D eigenvalue weighted by Gasteiger charge is -2.42. The molecule has 3 rings (SSSR count). The molecule has 7 heteroatoms. The van der Waals surface area contributed by atoms with E-state index in [2.05, 4.69) is 4.90 Å². The molecule has 2 aliphatic heterocycles. The summed E-state index contributed by atoms with van der Waals surface area (Å²) in [7, 11) is 1.52. The summed E-state index contributed by atoms with van der Waals surface area (Å²) in [5.41, 5.74) is 4.74. The molecule has 2 fully saturated rings. The highest BCUT2D eigenvalue weighted by Crippen LogP contribution is 2.28. The minimum absolute atomic E-state index is 0.138. The Kier molecular flexibility index (Phi) is 6.34. The molecule has 0 radical (unpaired) electrons. The van der Waals surface area contributed by atoms with Gasteiger partial charge >= 0.3 is 0 Å². The zero-order valence-electron chi connectivity index (χ0n) is 16.0. The summed E-state index contributed by atoms with van der Waals surface area (Å²) in [5, 5.41) is 11.1. The maximum atomic E-state index is 14.1. The summed E-state index contributed by atoms with van der Waals surface area (Å²) in [6.07, 6.45) is 3.14. The first-order valence-corrected chi connectivity index (χ1v) is 9.72. The van der Waals surface area contributed by atoms with Gasteiger partial charge in [-0.25, -0.2) is 4.39 Å². The van der Waals surface area contributed by atoms with E-state index in [1.54, 1.807) is 17.0 Å². The summed E-state index contributed by atoms with van der Waals surface area (Å²) in [5.74, 6) is 0.401. The first kappa shape index (κ1) is 20.0. The van der Waals surface area contributed by atoms with E-state index in [9.17, 15) is 14.3 Å². The van der Waals surface area contributed by atoms with Gasteiger partial charge < -0.3 is 20.5 Å². The highest BCUT2D eigenvalue weighted by atomic mass is 19.1. The number of β-amino-alcohol motifs (C(OH)–C–C–N with tert-alkyl or cyclic N) is 1. The van der Waals surface area contributed by atoms with Crippen LogP contribution in [0.25, 0.3) is 0 Å². The van der Waals surface area contributed by atoms with Crippen LogP contribution in [0.4, 0.5) is 4.39 Å². The molecule has 0 bridgehead atoms. The SMILES string of the molecule is COc1ccc(F)c(CN2CCC[C@@](O)(CN3CCC(CN)CC3)C2=O)c1. The molecule has 0 spiro atoms. The van der Waals surface area contributed by atoms with E-state index in [1.165, 1.54) is 13.2 Å². The Bertz CT molecular complexity index is 664. The van der Waals surface area contributed by atoms with Crippen molar-refractivity contribution in [2.24, 2.45) is 11.7 Å². The average Bonchev–Trinajstić information content (AvgIpc) is 2.68. The highest BCUT2D eigenvalue weighted by molar-refractivity contribution is 5.86. The van der Waals surface area contributed by atoms with Crippen LogP contribution in [0.1, 0.15) is 31.2 Å². The van der Waals surface area contributed by atoms with Gasteiger partial charge in [-0.05, 0) is 69.4 Å². The third kappa shape index (κ3) is 4.59. The van der Waals surface area contributed by atoms with Gasteiger partial charge in [0.25, 0.3) is 5.91 Å². The van der Waals surface area contributed by atoms with E-state index in [-0.39, 0.29) is 18.3 Å². The Morgan fingerprint density at radius 2 is 2.07 bits per heavy atom. The standard InChI is InChI=1S/C20H30FN3O3/c1-27-17-3-4-18(21)16(11-17)13-24-8-2-7-20(26,19(24)25)14-23-9-5-15(12-22)6-10-23/h3-4,11,15,26H,2,5-10,12-14,22H2,1H3/t20-/m1/s1. The molecule has 2 heterocycles. The van der Waals surface area contributed by atoms with E-state index in [1.807, 2.05) is 0 Å². The first-order chi connectivity index (χ1) is 12.9. The normalized spacial score (nSPS) is 25.0. The number of hydrogen-bond acceptors (Lipinski definition) is 5. The summed E-state index contributed by atoms with van der Waals surface area (Å²) < 4.78 is 19.3. The van der Waals surface area contributed by atoms with Gasteiger partial charge in [-0.1, -0.05) is 0 Å². The average molecular weight is 379 g/mol. The van der Waals surface area contributed by atoms with Crippen molar-refractivity contribution in [1.29, 1.82) is 0 Å². The molecule has 0 aromatic heterocycles. The van der Waals surface area contributed by atoms with Gasteiger partial charge in [-0.15, -0.1) is 0 Å². The Balaban J connectivity index is 1.66. The molecule has 0 aliphatic carbocycles. The summed E-state index contributed by atoms with van der Waals surface area (Å²) in [6.45, 7) is 3.38. The molecule has 0 saturated carbocycles. The third-order valence-corrected chi connectivity index (χ3v) is 5.84. The zero-order chi connectivity index (χ0) is 19.4. The van der Waals surface area contributed by atoms with Crippen molar-refractivity contribution < 1.29 is 19.0 Å². The number of piperidine rings is 2. The van der Waals surface area contributed by atoms with Gasteiger partial charge in [0.1, 0.15) is 11.6 Å². The minimum atomic E-state index is -1.40. The second kappa shape index (κ2) is 8.54. The molecule has 150 valence electrons. The lowest BCUT2D eigenvalue weighted by Crippen LogP contribution is -2.59. The molecule has 2 aliphatic rings. The monoisotopic (exact) mass is 379 g/mol. The Hall–Kier alpha value is -1.70. The van der Waals surface area contributed by atoms with Gasteiger partial charge in [-0.2, -0.15) is 0 Å². The number of methoxy groups -OCH3 is 1. The fourth-order valence-corrected chi connectivity index (χ4v) is 4.12. The molecule has 1 atom stereocenters. The van der Waals surface area contributed by atoms with Crippen LogP contribution < -0.4 is 10.5 Å². The van der Waals surface area contributed by atoms with Crippen molar-refractivity contribution in [3.8, 4) is 5.75 Å². The van der Waals surface area contributed by atoms with Crippen molar-refractivity contribution >= 4 is 5.91 Å². The molecule has 2 saturated heterocycles. The predicted octanol–water partition coefficient (Wildman–Crippen LogP) is 1.36. The van der Waals surface area contributed by atoms with Crippen LogP contribution in [-0.2, 0) is 11.3 Å². The van der Waals surface area contributed by atoms with Crippen LogP contribution in [-0.4, -0.2) is 66.2 Å². The Morgan fingerprint density at radius 1 is 1.33 bits per heavy atom. The first-order valence-electron chi connectivity index (χ1n) is 9.72. The van der Waals surface area contributed by atoms with E-state index in [0.29, 0.717) is 49.7 Å². The van der Waals surface area contributed by atoms with Crippen molar-refractivity contribution in [1.82, 2.24) is 9.80 Å². The van der Waals surface area contributed by atoms with Gasteiger partial charge in [0.2, 0.25) is 0 Å². The van der Waals surface area contributed by atoms with Crippen molar-refractivity contribution in [3.05, 3.63) is 29.6 Å². The highest BCUT2D eigenvalue weighted by Gasteiger charge is 2.43. The second-order valence-electron chi connectivity index (χ2n) is 7.77. The summed E-state index contributed by atoms with van der Waals surface area (Å²) in [6, 6.07) is 4.50. The van der Waals surface area contributed by atoms with Crippen molar-refractivity contribution in [3.63, 3.8) is 0 Å². The number of aliphatic hydroxyl groups is 1. The van der Waals surface area contributed by atoms with E-state index in [0.717, 1.165) is 25.9 Å². The number of nitrogens with two attached hydrogens (primary N) is 1. The molecular weight excluding hydrogens is 349 g/mol. The van der Waals surface area contributed by atoms with Crippen LogP contribution in [0.2, 0.25) is 0 Å². The molecule has 1 aromatic rings.